The number of aliphatic hydroxyl groups is 2. The highest BCUT2D eigenvalue weighted by Gasteiger charge is 2.47. The second-order valence-electron chi connectivity index (χ2n) is 34.0. The molecule has 43 nitrogen and oxygen atoms in total. The first-order chi connectivity index (χ1) is 62.8. The third-order valence-corrected chi connectivity index (χ3v) is 24.7. The summed E-state index contributed by atoms with van der Waals surface area (Å²) in [5, 5.41) is 60.4. The standard InChI is InChI=1S/C88H128N24O19S/c1-9-11-24-67-80(124)100-58(23-17-31-95-88(93)94)76(120)107-66(75(119)98-42-72(92)116)45-132-46-73(117)99-61(34-49-27-29-52(90)30-28-49)83(127)108(6)48(5)74(118)102-63(38-71(91)115)85(129)111-32-18-26-68(111)81(125)105-64(39-89)78(122)103-60(33-47(3)4)86(130)112-43-53(114)37-70(112)82(126)101-59(35-50-40-96-56-21-15-13-19-54(50)56)77(121)106-65(44-113)79(123)104-62(36-51-41-97-57-22-16-14-20-55(51)57)84(128)110(8)69(25-12-10-2)87(131)109(67)7/h13-16,19-22,27-30,40-41,47-48,53,58-70,96-97,113-114H,9-12,17-18,23-26,31-39,42-46,89-90H2,1-8H3,(H2,91,115)(H2,92,116)(H,98,119)(H,99,117)(H,100,124)(H,101,126)(H,102,118)(H,103,122)(H,104,123)(H,105,125)(H,106,121)(H,107,120)(H4,93,94,95)/t48-,53+,58-,59-,60-,61-,62-,63-,64-,65-,66-,67-,68-,69-,70-/m0/s1. The minimum atomic E-state index is -1.89. The molecule has 5 heterocycles. The number of anilines is 1. The molecule has 720 valence electrons. The first-order valence-corrected chi connectivity index (χ1v) is 45.5. The number of aromatic nitrogens is 2. The average Bonchev–Trinajstić information content (AvgIpc) is 1.60. The Balaban J connectivity index is 1.19. The smallest absolute Gasteiger partial charge is 0.246 e. The third-order valence-electron chi connectivity index (χ3n) is 23.6. The molecule has 0 spiro atoms. The highest BCUT2D eigenvalue weighted by Crippen LogP contribution is 2.28. The van der Waals surface area contributed by atoms with Gasteiger partial charge in [0.05, 0.1) is 31.4 Å². The molecule has 0 saturated carbocycles. The maximum Gasteiger partial charge on any atom is 0.246 e. The Labute approximate surface area is 768 Å². The van der Waals surface area contributed by atoms with Crippen molar-refractivity contribution in [3.63, 3.8) is 0 Å². The van der Waals surface area contributed by atoms with E-state index < -0.39 is 241 Å². The lowest BCUT2D eigenvalue weighted by molar-refractivity contribution is -0.149. The molecule has 15 atom stereocenters. The summed E-state index contributed by atoms with van der Waals surface area (Å²) in [5.74, 6) is -17.8. The highest BCUT2D eigenvalue weighted by atomic mass is 32.2. The van der Waals surface area contributed by atoms with Crippen LogP contribution in [0, 0.1) is 11.3 Å². The van der Waals surface area contributed by atoms with Crippen LogP contribution in [-0.4, -0.2) is 314 Å². The maximum atomic E-state index is 15.7. The van der Waals surface area contributed by atoms with Gasteiger partial charge in [-0.3, -0.25) is 86.9 Å². The molecule has 5 aromatic rings. The van der Waals surface area contributed by atoms with E-state index in [1.54, 1.807) is 99.0 Å². The zero-order valence-electron chi connectivity index (χ0n) is 75.7. The molecular weight excluding hydrogens is 1730 g/mol. The van der Waals surface area contributed by atoms with Gasteiger partial charge in [0.2, 0.25) is 100 Å². The molecule has 0 bridgehead atoms. The maximum absolute atomic E-state index is 15.7. The summed E-state index contributed by atoms with van der Waals surface area (Å²) in [6.07, 6.45) is 1.40. The quantitative estimate of drug-likeness (QED) is 0.0114. The van der Waals surface area contributed by atoms with Crippen LogP contribution in [0.15, 0.2) is 85.2 Å². The number of rotatable bonds is 25. The Kier molecular flexibility index (Phi) is 39.4. The number of primary amides is 2. The van der Waals surface area contributed by atoms with Gasteiger partial charge >= 0.3 is 0 Å². The third kappa shape index (κ3) is 29.0. The van der Waals surface area contributed by atoms with Crippen LogP contribution >= 0.6 is 11.8 Å². The number of nitrogens with two attached hydrogens (primary N) is 5. The number of likely N-dealkylation sites (N-methyl/N-ethyl adjacent to an activating group) is 3. The lowest BCUT2D eigenvalue weighted by Crippen LogP contribution is -2.62. The van der Waals surface area contributed by atoms with Crippen molar-refractivity contribution in [1.82, 2.24) is 93.0 Å². The topological polar surface area (TPSA) is 665 Å². The number of guanidine groups is 1. The molecule has 0 radical (unpaired) electrons. The fourth-order valence-electron chi connectivity index (χ4n) is 16.2. The van der Waals surface area contributed by atoms with Crippen LogP contribution in [0.2, 0.25) is 0 Å². The first kappa shape index (κ1) is 104. The minimum Gasteiger partial charge on any atom is -0.399 e. The number of aliphatic hydroxyl groups excluding tert-OH is 2. The number of nitrogen functional groups attached to an aromatic ring is 1. The van der Waals surface area contributed by atoms with Gasteiger partial charge in [-0.1, -0.05) is 102 Å². The second-order valence-corrected chi connectivity index (χ2v) is 35.0. The Morgan fingerprint density at radius 3 is 1.67 bits per heavy atom. The number of nitrogens with one attached hydrogen (secondary N) is 14. The van der Waals surface area contributed by atoms with Gasteiger partial charge in [0.1, 0.15) is 84.6 Å². The molecule has 26 N–H and O–H groups in total. The van der Waals surface area contributed by atoms with Crippen LogP contribution < -0.4 is 87.2 Å². The number of nitrogens with zero attached hydrogens (tertiary/aromatic N) is 5. The summed E-state index contributed by atoms with van der Waals surface area (Å²) in [7, 11) is 3.92. The highest BCUT2D eigenvalue weighted by molar-refractivity contribution is 8.00. The number of fused-ring (bicyclic) bond motifs is 4. The van der Waals surface area contributed by atoms with Crippen molar-refractivity contribution < 1.29 is 91.7 Å². The van der Waals surface area contributed by atoms with E-state index in [0.717, 1.165) is 36.3 Å². The van der Waals surface area contributed by atoms with Crippen LogP contribution in [0.5, 0.6) is 0 Å². The number of aromatic amines is 2. The fraction of sp³-hybridized carbons (Fsp3) is 0.545. The summed E-state index contributed by atoms with van der Waals surface area (Å²) < 4.78 is 0. The number of hydrogen-bond acceptors (Lipinski definition) is 23. The van der Waals surface area contributed by atoms with Crippen LogP contribution in [0.3, 0.4) is 0 Å². The van der Waals surface area contributed by atoms with E-state index in [-0.39, 0.29) is 89.6 Å². The van der Waals surface area contributed by atoms with Gasteiger partial charge in [-0.15, -0.1) is 11.8 Å². The lowest BCUT2D eigenvalue weighted by Gasteiger charge is -2.36. The molecule has 17 amide bonds. The van der Waals surface area contributed by atoms with Crippen molar-refractivity contribution in [2.24, 2.45) is 28.9 Å². The molecule has 8 rings (SSSR count). The minimum absolute atomic E-state index is 0.00788. The average molecular weight is 1860 g/mol. The van der Waals surface area contributed by atoms with Gasteiger partial charge in [0.25, 0.3) is 0 Å². The number of hydrogen-bond donors (Lipinski definition) is 21. The fourth-order valence-corrected chi connectivity index (χ4v) is 17.1. The predicted molar refractivity (Wildman–Crippen MR) is 489 cm³/mol. The van der Waals surface area contributed by atoms with E-state index in [1.165, 1.54) is 28.1 Å². The molecule has 44 heteroatoms. The van der Waals surface area contributed by atoms with E-state index in [4.69, 9.17) is 34.1 Å². The normalized spacial score (nSPS) is 25.1. The summed E-state index contributed by atoms with van der Waals surface area (Å²) in [4.78, 5) is 260. The summed E-state index contributed by atoms with van der Waals surface area (Å²) in [6, 6.07) is -1.46. The van der Waals surface area contributed by atoms with Crippen LogP contribution in [0.4, 0.5) is 5.69 Å². The molecule has 3 saturated heterocycles. The molecule has 2 aromatic heterocycles. The first-order valence-electron chi connectivity index (χ1n) is 44.3. The van der Waals surface area contributed by atoms with E-state index in [2.05, 4.69) is 68.5 Å². The SMILES string of the molecule is CCCC[C@H]1C(=O)N(C)[C@@H](CCCC)C(=O)N[C@@H](CCCNC(=N)N)C(=O)N[C@H](C(=O)NCC(N)=O)CSCC(=O)N[C@@H](Cc2ccc(N)cc2)C(=O)N(C)[C@@H](C)C(=O)N[C@@H](CC(N)=O)C(=O)N2CCC[C@H]2C(=O)N[C@@H](CN)C(=O)N[C@@H](CC(C)C)C(=O)N2C[C@H](O)C[C@H]2C(=O)N[C@@H](Cc2c[nH]c3ccccc23)C(=O)N[C@@H](CO)C(=O)N[C@@H](Cc2c[nH]c3ccccc23)C(=O)N1C. The molecule has 3 aliphatic heterocycles. The van der Waals surface area contributed by atoms with Crippen LogP contribution in [0.25, 0.3) is 21.8 Å². The van der Waals surface area contributed by atoms with Crippen molar-refractivity contribution in [3.05, 3.63) is 102 Å². The monoisotopic (exact) mass is 1860 g/mol. The van der Waals surface area contributed by atoms with E-state index in [0.29, 0.717) is 69.9 Å². The number of H-pyrrole nitrogens is 2. The van der Waals surface area contributed by atoms with Crippen molar-refractivity contribution in [1.29, 1.82) is 5.41 Å². The number of unbranched alkanes of at least 4 members (excludes halogenated alkanes) is 2. The predicted octanol–water partition coefficient (Wildman–Crippen LogP) is -4.06. The molecule has 0 unspecified atom stereocenters. The zero-order chi connectivity index (χ0) is 96.9. The van der Waals surface area contributed by atoms with Crippen LogP contribution in [0.1, 0.15) is 135 Å². The van der Waals surface area contributed by atoms with Gasteiger partial charge in [-0.25, -0.2) is 0 Å². The van der Waals surface area contributed by atoms with Crippen LogP contribution in [-0.2, 0) is 101 Å². The van der Waals surface area contributed by atoms with Crippen molar-refractivity contribution in [3.8, 4) is 0 Å². The van der Waals surface area contributed by atoms with E-state index in [9.17, 15) is 58.2 Å². The molecule has 3 aliphatic rings. The summed E-state index contributed by atoms with van der Waals surface area (Å²) in [5.41, 5.74) is 32.0. The largest absolute Gasteiger partial charge is 0.399 e. The van der Waals surface area contributed by atoms with Gasteiger partial charge in [-0.05, 0) is 98.7 Å². The zero-order valence-corrected chi connectivity index (χ0v) is 76.5. The van der Waals surface area contributed by atoms with Crippen molar-refractivity contribution in [2.75, 3.05) is 77.7 Å². The van der Waals surface area contributed by atoms with Gasteiger partial charge in [0, 0.05) is 119 Å². The summed E-state index contributed by atoms with van der Waals surface area (Å²) >= 11 is 0.775. The number of thioether (sulfide) groups is 1. The Hall–Kier alpha value is -13.0. The second kappa shape index (κ2) is 49.9. The summed E-state index contributed by atoms with van der Waals surface area (Å²) in [6.45, 7) is 5.44. The number of carbonyl (C=O) groups excluding carboxylic acids is 17. The Bertz CT molecular complexity index is 4950. The Morgan fingerprint density at radius 2 is 1.07 bits per heavy atom. The number of benzene rings is 3. The van der Waals surface area contributed by atoms with Crippen molar-refractivity contribution in [2.45, 2.75) is 228 Å². The molecular formula is C88H128N24O19S. The molecule has 0 aliphatic carbocycles. The Morgan fingerprint density at radius 1 is 0.545 bits per heavy atom. The van der Waals surface area contributed by atoms with E-state index in [1.807, 2.05) is 13.8 Å². The van der Waals surface area contributed by atoms with E-state index >= 15 is 33.6 Å². The van der Waals surface area contributed by atoms with Gasteiger partial charge in [-0.2, -0.15) is 0 Å². The van der Waals surface area contributed by atoms with Gasteiger partial charge in [0.15, 0.2) is 5.96 Å². The number of amides is 17. The molecule has 3 aromatic carbocycles. The number of carbonyl (C=O) groups is 17. The molecule has 3 fully saturated rings. The van der Waals surface area contributed by atoms with Crippen molar-refractivity contribution >= 4 is 146 Å². The lowest BCUT2D eigenvalue weighted by atomic mass is 10.00. The molecule has 132 heavy (non-hydrogen) atoms. The number of para-hydroxylation sites is 2. The van der Waals surface area contributed by atoms with Gasteiger partial charge < -0.3 is 132 Å².